The molecule has 0 atom stereocenters. The standard InChI is InChI=1S/C26HF16/c27-11-3(5-7-9(17(33)21(37)13(5)29)19(35)25(41)23(39)15(7)31)1-2-4(12(11)28)6-8-10(18(34)22(38)14(6)30)20(36)26(42)24(40)16(8)32/h1H. The minimum absolute atomic E-state index is 0.109. The zero-order valence-electron chi connectivity index (χ0n) is 19.1. The normalized spacial score (nSPS) is 11.8. The molecule has 0 heterocycles. The molecule has 0 aliphatic heterocycles. The second kappa shape index (κ2) is 9.52. The zero-order chi connectivity index (χ0) is 31.3. The van der Waals surface area contributed by atoms with Crippen LogP contribution in [-0.4, -0.2) is 0 Å². The Labute approximate surface area is 220 Å². The molecule has 0 saturated carbocycles. The maximum Gasteiger partial charge on any atom is 0.198 e. The summed E-state index contributed by atoms with van der Waals surface area (Å²) in [5, 5.41) is -8.28. The number of benzene rings is 5. The topological polar surface area (TPSA) is 0 Å². The number of hydrogen-bond acceptors (Lipinski definition) is 0. The summed E-state index contributed by atoms with van der Waals surface area (Å²) < 4.78 is 230. The molecule has 16 heteroatoms. The summed E-state index contributed by atoms with van der Waals surface area (Å²) in [5.74, 6) is -42.8. The summed E-state index contributed by atoms with van der Waals surface area (Å²) >= 11 is 0. The van der Waals surface area contributed by atoms with Crippen molar-refractivity contribution in [2.75, 3.05) is 0 Å². The number of halogens is 16. The first-order valence-corrected chi connectivity index (χ1v) is 10.6. The van der Waals surface area contributed by atoms with Gasteiger partial charge in [-0.2, -0.15) is 0 Å². The summed E-state index contributed by atoms with van der Waals surface area (Å²) in [6, 6.07) is 1.38. The highest BCUT2D eigenvalue weighted by Crippen LogP contribution is 2.44. The van der Waals surface area contributed by atoms with Gasteiger partial charge in [-0.1, -0.05) is 0 Å². The Hall–Kier alpha value is -4.50. The minimum Gasteiger partial charge on any atom is -0.203 e. The van der Waals surface area contributed by atoms with Crippen molar-refractivity contribution in [3.8, 4) is 22.3 Å². The van der Waals surface area contributed by atoms with E-state index in [0.717, 1.165) is 0 Å². The van der Waals surface area contributed by atoms with Crippen molar-refractivity contribution in [1.29, 1.82) is 0 Å². The van der Waals surface area contributed by atoms with Crippen molar-refractivity contribution in [3.63, 3.8) is 0 Å². The fourth-order valence-corrected chi connectivity index (χ4v) is 4.35. The molecular formula is C26HF16. The molecule has 0 saturated heterocycles. The molecule has 0 bridgehead atoms. The van der Waals surface area contributed by atoms with Gasteiger partial charge in [0.05, 0.1) is 10.8 Å². The SMILES string of the molecule is Fc1c(-c2c(F)c(F)c(F)c3c(F)c(F)c(F)c(F)c23)[c]cc(-c2c(F)c(F)c(F)c3c(F)c(F)c(F)c(F)c23)c1F. The molecule has 5 aromatic rings. The van der Waals surface area contributed by atoms with Crippen LogP contribution in [0.4, 0.5) is 70.2 Å². The van der Waals surface area contributed by atoms with E-state index in [-0.39, 0.29) is 6.07 Å². The van der Waals surface area contributed by atoms with Gasteiger partial charge >= 0.3 is 0 Å². The molecule has 0 amide bonds. The lowest BCUT2D eigenvalue weighted by Gasteiger charge is -2.17. The first-order valence-electron chi connectivity index (χ1n) is 10.6. The Kier molecular flexibility index (Phi) is 6.58. The predicted octanol–water partition coefficient (Wildman–Crippen LogP) is 9.35. The maximum absolute atomic E-state index is 15.3. The Morgan fingerprint density at radius 3 is 1.00 bits per heavy atom. The van der Waals surface area contributed by atoms with Gasteiger partial charge in [-0.25, -0.2) is 70.2 Å². The molecule has 0 N–H and O–H groups in total. The van der Waals surface area contributed by atoms with Gasteiger partial charge < -0.3 is 0 Å². The molecule has 42 heavy (non-hydrogen) atoms. The van der Waals surface area contributed by atoms with E-state index in [1.165, 1.54) is 6.07 Å². The highest BCUT2D eigenvalue weighted by molar-refractivity contribution is 6.01. The van der Waals surface area contributed by atoms with Gasteiger partial charge in [0.15, 0.2) is 93.1 Å². The number of rotatable bonds is 2. The molecule has 0 aromatic heterocycles. The summed E-state index contributed by atoms with van der Waals surface area (Å²) in [5.41, 5.74) is -7.68. The third-order valence-corrected chi connectivity index (χ3v) is 6.21. The van der Waals surface area contributed by atoms with Crippen LogP contribution >= 0.6 is 0 Å². The summed E-state index contributed by atoms with van der Waals surface area (Å²) in [6.07, 6.45) is 0. The minimum atomic E-state index is -2.74. The van der Waals surface area contributed by atoms with Crippen LogP contribution in [0, 0.1) is 99.1 Å². The van der Waals surface area contributed by atoms with Gasteiger partial charge in [0, 0.05) is 33.0 Å². The third kappa shape index (κ3) is 3.59. The van der Waals surface area contributed by atoms with Crippen LogP contribution in [0.15, 0.2) is 6.07 Å². The van der Waals surface area contributed by atoms with Crippen LogP contribution in [0.25, 0.3) is 43.8 Å². The molecule has 0 nitrogen and oxygen atoms in total. The van der Waals surface area contributed by atoms with Crippen molar-refractivity contribution in [3.05, 3.63) is 105 Å². The fourth-order valence-electron chi connectivity index (χ4n) is 4.35. The van der Waals surface area contributed by atoms with Crippen LogP contribution in [0.2, 0.25) is 0 Å². The van der Waals surface area contributed by atoms with Gasteiger partial charge in [0.1, 0.15) is 0 Å². The highest BCUT2D eigenvalue weighted by Gasteiger charge is 2.35. The van der Waals surface area contributed by atoms with E-state index >= 15 is 8.78 Å². The molecule has 1 radical (unpaired) electrons. The van der Waals surface area contributed by atoms with Gasteiger partial charge in [0.2, 0.25) is 0 Å². The van der Waals surface area contributed by atoms with Gasteiger partial charge in [-0.05, 0) is 12.1 Å². The first-order chi connectivity index (χ1) is 19.6. The van der Waals surface area contributed by atoms with Crippen LogP contribution in [0.1, 0.15) is 0 Å². The van der Waals surface area contributed by atoms with Crippen LogP contribution in [-0.2, 0) is 0 Å². The van der Waals surface area contributed by atoms with Crippen LogP contribution in [0.3, 0.4) is 0 Å². The van der Waals surface area contributed by atoms with E-state index in [1.807, 2.05) is 0 Å². The van der Waals surface area contributed by atoms with Gasteiger partial charge in [-0.3, -0.25) is 0 Å². The van der Waals surface area contributed by atoms with Crippen LogP contribution in [0.5, 0.6) is 0 Å². The first kappa shape index (κ1) is 29.0. The Morgan fingerprint density at radius 2 is 0.595 bits per heavy atom. The molecule has 0 spiro atoms. The molecule has 0 fully saturated rings. The second-order valence-electron chi connectivity index (χ2n) is 8.35. The van der Waals surface area contributed by atoms with E-state index in [9.17, 15) is 61.5 Å². The second-order valence-corrected chi connectivity index (χ2v) is 8.35. The summed E-state index contributed by atoms with van der Waals surface area (Å²) in [6.45, 7) is 0. The average molecular weight is 617 g/mol. The van der Waals surface area contributed by atoms with E-state index in [0.29, 0.717) is 0 Å². The number of fused-ring (bicyclic) bond motifs is 2. The van der Waals surface area contributed by atoms with Crippen molar-refractivity contribution < 1.29 is 70.2 Å². The lowest BCUT2D eigenvalue weighted by Crippen LogP contribution is -2.08. The largest absolute Gasteiger partial charge is 0.203 e. The lowest BCUT2D eigenvalue weighted by atomic mass is 9.91. The maximum atomic E-state index is 15.3. The predicted molar refractivity (Wildman–Crippen MR) is 110 cm³/mol. The van der Waals surface area contributed by atoms with Crippen molar-refractivity contribution >= 4 is 21.5 Å². The van der Waals surface area contributed by atoms with Crippen molar-refractivity contribution in [2.45, 2.75) is 0 Å². The molecule has 5 rings (SSSR count). The highest BCUT2D eigenvalue weighted by atomic mass is 19.2. The fraction of sp³-hybridized carbons (Fsp3) is 0. The lowest BCUT2D eigenvalue weighted by molar-refractivity contribution is 0.410. The average Bonchev–Trinajstić information content (AvgIpc) is 2.96. The summed E-state index contributed by atoms with van der Waals surface area (Å²) in [7, 11) is 0. The number of hydrogen-bond donors (Lipinski definition) is 0. The van der Waals surface area contributed by atoms with E-state index in [4.69, 9.17) is 0 Å². The molecule has 0 aliphatic rings. The molecule has 217 valence electrons. The monoisotopic (exact) mass is 617 g/mol. The van der Waals surface area contributed by atoms with E-state index < -0.39 is 137 Å². The molecule has 0 unspecified atom stereocenters. The van der Waals surface area contributed by atoms with Crippen LogP contribution < -0.4 is 0 Å². The quantitative estimate of drug-likeness (QED) is 0.105. The smallest absolute Gasteiger partial charge is 0.198 e. The Balaban J connectivity index is 1.94. The molecule has 5 aromatic carbocycles. The third-order valence-electron chi connectivity index (χ3n) is 6.21. The summed E-state index contributed by atoms with van der Waals surface area (Å²) in [4.78, 5) is 0. The van der Waals surface area contributed by atoms with Gasteiger partial charge in [-0.15, -0.1) is 0 Å². The molecular weight excluding hydrogens is 616 g/mol. The Morgan fingerprint density at radius 1 is 0.286 bits per heavy atom. The van der Waals surface area contributed by atoms with E-state index in [2.05, 4.69) is 0 Å². The van der Waals surface area contributed by atoms with Crippen molar-refractivity contribution in [1.82, 2.24) is 0 Å². The molecule has 0 aliphatic carbocycles. The zero-order valence-corrected chi connectivity index (χ0v) is 19.1. The Bertz CT molecular complexity index is 1880. The van der Waals surface area contributed by atoms with Crippen molar-refractivity contribution in [2.24, 2.45) is 0 Å². The van der Waals surface area contributed by atoms with Gasteiger partial charge in [0.25, 0.3) is 0 Å². The van der Waals surface area contributed by atoms with E-state index in [1.54, 1.807) is 0 Å².